The quantitative estimate of drug-likeness (QED) is 0.795. The van der Waals surface area contributed by atoms with Gasteiger partial charge in [0.1, 0.15) is 0 Å². The smallest absolute Gasteiger partial charge is 0.335 e. The number of carboxylic acids is 1. The molecule has 0 fully saturated rings. The molecule has 4 heteroatoms. The highest BCUT2D eigenvalue weighted by Crippen LogP contribution is 2.12. The maximum atomic E-state index is 11.1. The van der Waals surface area contributed by atoms with E-state index in [-0.39, 0.29) is 0 Å². The van der Waals surface area contributed by atoms with Crippen molar-refractivity contribution in [3.8, 4) is 0 Å². The van der Waals surface area contributed by atoms with Crippen LogP contribution in [0.3, 0.4) is 0 Å². The van der Waals surface area contributed by atoms with E-state index in [1.807, 2.05) is 24.3 Å². The SMILES string of the molecule is O=C(O)c1ccccc1CCNCc1cccc(Br)c1. The largest absolute Gasteiger partial charge is 0.478 e. The van der Waals surface area contributed by atoms with Gasteiger partial charge in [0.05, 0.1) is 5.56 Å². The van der Waals surface area contributed by atoms with Crippen LogP contribution < -0.4 is 5.32 Å². The van der Waals surface area contributed by atoms with Crippen LogP contribution in [0.25, 0.3) is 0 Å². The van der Waals surface area contributed by atoms with E-state index in [1.165, 1.54) is 5.56 Å². The molecule has 0 unspecified atom stereocenters. The van der Waals surface area contributed by atoms with Gasteiger partial charge in [-0.2, -0.15) is 0 Å². The van der Waals surface area contributed by atoms with Gasteiger partial charge in [-0.05, 0) is 42.3 Å². The lowest BCUT2D eigenvalue weighted by Crippen LogP contribution is -2.17. The summed E-state index contributed by atoms with van der Waals surface area (Å²) in [5, 5.41) is 12.4. The maximum absolute atomic E-state index is 11.1. The number of carboxylic acid groups (broad SMARTS) is 1. The Morgan fingerprint density at radius 2 is 1.95 bits per heavy atom. The fourth-order valence-corrected chi connectivity index (χ4v) is 2.50. The molecule has 0 saturated heterocycles. The summed E-state index contributed by atoms with van der Waals surface area (Å²) in [6.07, 6.45) is 0.705. The van der Waals surface area contributed by atoms with Crippen LogP contribution in [0.4, 0.5) is 0 Å². The lowest BCUT2D eigenvalue weighted by Gasteiger charge is -2.08. The van der Waals surface area contributed by atoms with Crippen molar-refractivity contribution in [1.82, 2.24) is 5.32 Å². The molecule has 2 aromatic rings. The van der Waals surface area contributed by atoms with Gasteiger partial charge in [-0.25, -0.2) is 4.79 Å². The highest BCUT2D eigenvalue weighted by Gasteiger charge is 2.07. The number of halogens is 1. The van der Waals surface area contributed by atoms with Gasteiger partial charge in [0, 0.05) is 11.0 Å². The zero-order valence-corrected chi connectivity index (χ0v) is 12.6. The van der Waals surface area contributed by atoms with Crippen LogP contribution in [0.1, 0.15) is 21.5 Å². The first-order valence-corrected chi connectivity index (χ1v) is 7.22. The minimum Gasteiger partial charge on any atom is -0.478 e. The number of rotatable bonds is 6. The molecule has 0 bridgehead atoms. The van der Waals surface area contributed by atoms with Gasteiger partial charge in [0.15, 0.2) is 0 Å². The summed E-state index contributed by atoms with van der Waals surface area (Å²) in [5.41, 5.74) is 2.45. The first kappa shape index (κ1) is 14.8. The number of aromatic carboxylic acids is 1. The minimum absolute atomic E-state index is 0.386. The van der Waals surface area contributed by atoms with Crippen LogP contribution in [0.15, 0.2) is 53.0 Å². The molecule has 2 aromatic carbocycles. The Kier molecular flexibility index (Phi) is 5.32. The molecule has 0 heterocycles. The van der Waals surface area contributed by atoms with Gasteiger partial charge < -0.3 is 10.4 Å². The molecule has 2 rings (SSSR count). The second kappa shape index (κ2) is 7.22. The summed E-state index contributed by atoms with van der Waals surface area (Å²) in [6.45, 7) is 1.52. The van der Waals surface area contributed by atoms with Crippen LogP contribution >= 0.6 is 15.9 Å². The Morgan fingerprint density at radius 3 is 2.70 bits per heavy atom. The van der Waals surface area contributed by atoms with Crippen LogP contribution in [0, 0.1) is 0 Å². The standard InChI is InChI=1S/C16H16BrNO2/c17-14-6-3-4-12(10-14)11-18-9-8-13-5-1-2-7-15(13)16(19)20/h1-7,10,18H,8-9,11H2,(H,19,20). The van der Waals surface area contributed by atoms with E-state index >= 15 is 0 Å². The lowest BCUT2D eigenvalue weighted by molar-refractivity contribution is 0.0695. The van der Waals surface area contributed by atoms with Crippen molar-refractivity contribution < 1.29 is 9.90 Å². The van der Waals surface area contributed by atoms with Crippen molar-refractivity contribution in [1.29, 1.82) is 0 Å². The van der Waals surface area contributed by atoms with Gasteiger partial charge in [-0.3, -0.25) is 0 Å². The van der Waals surface area contributed by atoms with E-state index in [0.717, 1.165) is 23.1 Å². The molecule has 20 heavy (non-hydrogen) atoms. The first-order chi connectivity index (χ1) is 9.66. The molecule has 0 aliphatic carbocycles. The van der Waals surface area contributed by atoms with E-state index in [2.05, 4.69) is 33.4 Å². The van der Waals surface area contributed by atoms with Crippen molar-refractivity contribution in [2.24, 2.45) is 0 Å². The predicted octanol–water partition coefficient (Wildman–Crippen LogP) is 3.48. The zero-order valence-electron chi connectivity index (χ0n) is 11.0. The third-order valence-corrected chi connectivity index (χ3v) is 3.53. The predicted molar refractivity (Wildman–Crippen MR) is 83.0 cm³/mol. The lowest BCUT2D eigenvalue weighted by atomic mass is 10.0. The molecule has 104 valence electrons. The third-order valence-electron chi connectivity index (χ3n) is 3.04. The van der Waals surface area contributed by atoms with E-state index in [4.69, 9.17) is 5.11 Å². The Morgan fingerprint density at radius 1 is 1.15 bits per heavy atom. The molecule has 0 amide bonds. The third kappa shape index (κ3) is 4.18. The summed E-state index contributed by atoms with van der Waals surface area (Å²) in [5.74, 6) is -0.868. The average molecular weight is 334 g/mol. The Balaban J connectivity index is 1.86. The Labute approximate surface area is 126 Å². The number of carbonyl (C=O) groups is 1. The second-order valence-corrected chi connectivity index (χ2v) is 5.43. The van der Waals surface area contributed by atoms with Gasteiger partial charge in [-0.1, -0.05) is 46.3 Å². The van der Waals surface area contributed by atoms with Crippen molar-refractivity contribution in [2.45, 2.75) is 13.0 Å². The molecule has 0 saturated carbocycles. The first-order valence-electron chi connectivity index (χ1n) is 6.43. The summed E-state index contributed by atoms with van der Waals surface area (Å²) in [7, 11) is 0. The minimum atomic E-state index is -0.868. The summed E-state index contributed by atoms with van der Waals surface area (Å²) < 4.78 is 1.06. The molecule has 0 aliphatic rings. The zero-order chi connectivity index (χ0) is 14.4. The number of benzene rings is 2. The molecule has 0 aromatic heterocycles. The molecule has 0 spiro atoms. The Hall–Kier alpha value is -1.65. The molecule has 2 N–H and O–H groups in total. The van der Waals surface area contributed by atoms with E-state index in [0.29, 0.717) is 12.0 Å². The highest BCUT2D eigenvalue weighted by molar-refractivity contribution is 9.10. The fourth-order valence-electron chi connectivity index (χ4n) is 2.05. The highest BCUT2D eigenvalue weighted by atomic mass is 79.9. The van der Waals surface area contributed by atoms with E-state index < -0.39 is 5.97 Å². The normalized spacial score (nSPS) is 10.4. The van der Waals surface area contributed by atoms with Gasteiger partial charge in [-0.15, -0.1) is 0 Å². The Bertz CT molecular complexity index is 599. The van der Waals surface area contributed by atoms with Crippen LogP contribution in [0.2, 0.25) is 0 Å². The van der Waals surface area contributed by atoms with E-state index in [1.54, 1.807) is 12.1 Å². The topological polar surface area (TPSA) is 49.3 Å². The van der Waals surface area contributed by atoms with Gasteiger partial charge in [0.25, 0.3) is 0 Å². The van der Waals surface area contributed by atoms with E-state index in [9.17, 15) is 4.79 Å². The van der Waals surface area contributed by atoms with Crippen LogP contribution in [-0.2, 0) is 13.0 Å². The van der Waals surface area contributed by atoms with Crippen molar-refractivity contribution in [2.75, 3.05) is 6.54 Å². The second-order valence-electron chi connectivity index (χ2n) is 4.52. The average Bonchev–Trinajstić information content (AvgIpc) is 2.44. The maximum Gasteiger partial charge on any atom is 0.335 e. The molecule has 0 aliphatic heterocycles. The summed E-state index contributed by atoms with van der Waals surface area (Å²) >= 11 is 3.44. The van der Waals surface area contributed by atoms with Crippen LogP contribution in [-0.4, -0.2) is 17.6 Å². The summed E-state index contributed by atoms with van der Waals surface area (Å²) in [4.78, 5) is 11.1. The van der Waals surface area contributed by atoms with Crippen molar-refractivity contribution in [3.63, 3.8) is 0 Å². The van der Waals surface area contributed by atoms with Gasteiger partial charge >= 0.3 is 5.97 Å². The molecule has 3 nitrogen and oxygen atoms in total. The van der Waals surface area contributed by atoms with Gasteiger partial charge in [0.2, 0.25) is 0 Å². The molecular formula is C16H16BrNO2. The number of hydrogen-bond donors (Lipinski definition) is 2. The number of nitrogens with one attached hydrogen (secondary N) is 1. The molecular weight excluding hydrogens is 318 g/mol. The van der Waals surface area contributed by atoms with Crippen LogP contribution in [0.5, 0.6) is 0 Å². The summed E-state index contributed by atoms with van der Waals surface area (Å²) in [6, 6.07) is 15.3. The van der Waals surface area contributed by atoms with Crippen molar-refractivity contribution >= 4 is 21.9 Å². The monoisotopic (exact) mass is 333 g/mol. The molecule has 0 atom stereocenters. The number of hydrogen-bond acceptors (Lipinski definition) is 2. The van der Waals surface area contributed by atoms with Crippen molar-refractivity contribution in [3.05, 3.63) is 69.7 Å². The fraction of sp³-hybridized carbons (Fsp3) is 0.188. The molecule has 0 radical (unpaired) electrons.